The first-order valence-electron chi connectivity index (χ1n) is 5.77. The lowest BCUT2D eigenvalue weighted by Crippen LogP contribution is -2.33. The number of ether oxygens (including phenoxy) is 1. The molecule has 0 spiro atoms. The van der Waals surface area contributed by atoms with E-state index in [1.807, 2.05) is 6.92 Å². The van der Waals surface area contributed by atoms with Crippen LogP contribution >= 0.6 is 0 Å². The van der Waals surface area contributed by atoms with Gasteiger partial charge in [-0.05, 0) is 38.6 Å². The third-order valence-electron chi connectivity index (χ3n) is 2.59. The second-order valence-corrected chi connectivity index (χ2v) is 3.69. The van der Waals surface area contributed by atoms with E-state index in [4.69, 9.17) is 4.74 Å². The minimum absolute atomic E-state index is 0.100. The summed E-state index contributed by atoms with van der Waals surface area (Å²) in [4.78, 5) is 12.0. The second-order valence-electron chi connectivity index (χ2n) is 3.69. The van der Waals surface area contributed by atoms with Crippen LogP contribution in [-0.4, -0.2) is 25.5 Å². The molecule has 17 heavy (non-hydrogen) atoms. The van der Waals surface area contributed by atoms with Crippen LogP contribution in [0.2, 0.25) is 0 Å². The quantitative estimate of drug-likeness (QED) is 0.775. The molecule has 0 fully saturated rings. The van der Waals surface area contributed by atoms with Gasteiger partial charge < -0.3 is 10.1 Å². The van der Waals surface area contributed by atoms with Crippen molar-refractivity contribution >= 4 is 5.78 Å². The van der Waals surface area contributed by atoms with Crippen molar-refractivity contribution in [3.8, 4) is 5.75 Å². The number of hydrogen-bond donors (Lipinski definition) is 1. The fourth-order valence-electron chi connectivity index (χ4n) is 1.65. The van der Waals surface area contributed by atoms with Crippen molar-refractivity contribution in [1.82, 2.24) is 5.32 Å². The Morgan fingerprint density at radius 1 is 1.47 bits per heavy atom. The molecule has 1 unspecified atom stereocenters. The van der Waals surface area contributed by atoms with E-state index >= 15 is 0 Å². The first-order valence-corrected chi connectivity index (χ1v) is 5.77. The fourth-order valence-corrected chi connectivity index (χ4v) is 1.65. The van der Waals surface area contributed by atoms with Crippen LogP contribution in [0.15, 0.2) is 18.2 Å². The summed E-state index contributed by atoms with van der Waals surface area (Å²) in [6.45, 7) is 4.09. The van der Waals surface area contributed by atoms with Crippen LogP contribution in [0.25, 0.3) is 0 Å². The molecule has 0 heterocycles. The van der Waals surface area contributed by atoms with E-state index in [1.54, 1.807) is 20.0 Å². The summed E-state index contributed by atoms with van der Waals surface area (Å²) in [6.07, 6.45) is 0.671. The number of ketones is 1. The zero-order chi connectivity index (χ0) is 12.8. The van der Waals surface area contributed by atoms with Gasteiger partial charge in [0.25, 0.3) is 0 Å². The van der Waals surface area contributed by atoms with E-state index < -0.39 is 5.82 Å². The topological polar surface area (TPSA) is 38.3 Å². The van der Waals surface area contributed by atoms with Gasteiger partial charge in [-0.2, -0.15) is 0 Å². The highest BCUT2D eigenvalue weighted by Crippen LogP contribution is 2.19. The Balaban J connectivity index is 2.93. The molecule has 0 aliphatic rings. The maximum atomic E-state index is 13.6. The number of hydrogen-bond acceptors (Lipinski definition) is 3. The van der Waals surface area contributed by atoms with Crippen molar-refractivity contribution in [2.75, 3.05) is 13.7 Å². The minimum Gasteiger partial charge on any atom is -0.491 e. The van der Waals surface area contributed by atoms with Crippen LogP contribution in [0.3, 0.4) is 0 Å². The van der Waals surface area contributed by atoms with Crippen LogP contribution < -0.4 is 10.1 Å². The van der Waals surface area contributed by atoms with Crippen LogP contribution in [0.4, 0.5) is 4.39 Å². The highest BCUT2D eigenvalue weighted by atomic mass is 19.1. The Bertz CT molecular complexity index is 389. The van der Waals surface area contributed by atoms with Gasteiger partial charge in [0.05, 0.1) is 12.6 Å². The molecule has 0 saturated heterocycles. The maximum absolute atomic E-state index is 13.6. The van der Waals surface area contributed by atoms with E-state index in [1.165, 1.54) is 12.1 Å². The standard InChI is InChI=1S/C13H18FNO2/c1-4-11(15-3)13(16)9-6-7-12(17-5-2)10(14)8-9/h6-8,11,15H,4-5H2,1-3H3. The predicted molar refractivity (Wildman–Crippen MR) is 65.0 cm³/mol. The zero-order valence-electron chi connectivity index (χ0n) is 10.4. The van der Waals surface area contributed by atoms with Gasteiger partial charge in [0.15, 0.2) is 17.3 Å². The number of rotatable bonds is 6. The van der Waals surface area contributed by atoms with Gasteiger partial charge in [-0.25, -0.2) is 4.39 Å². The summed E-state index contributed by atoms with van der Waals surface area (Å²) < 4.78 is 18.7. The summed E-state index contributed by atoms with van der Waals surface area (Å²) in [5.41, 5.74) is 0.368. The van der Waals surface area contributed by atoms with E-state index in [-0.39, 0.29) is 17.6 Å². The Hall–Kier alpha value is -1.42. The molecular formula is C13H18FNO2. The Kier molecular flexibility index (Phi) is 5.10. The van der Waals surface area contributed by atoms with Gasteiger partial charge in [-0.3, -0.25) is 4.79 Å². The molecule has 4 heteroatoms. The monoisotopic (exact) mass is 239 g/mol. The van der Waals surface area contributed by atoms with Crippen molar-refractivity contribution in [3.63, 3.8) is 0 Å². The lowest BCUT2D eigenvalue weighted by atomic mass is 10.0. The zero-order valence-corrected chi connectivity index (χ0v) is 10.4. The first kappa shape index (κ1) is 13.6. The van der Waals surface area contributed by atoms with Gasteiger partial charge in [-0.15, -0.1) is 0 Å². The molecule has 0 bridgehead atoms. The van der Waals surface area contributed by atoms with E-state index in [0.29, 0.717) is 18.6 Å². The molecule has 1 atom stereocenters. The molecule has 94 valence electrons. The summed E-state index contributed by atoms with van der Waals surface area (Å²) in [7, 11) is 1.72. The number of likely N-dealkylation sites (N-methyl/N-ethyl adjacent to an activating group) is 1. The average Bonchev–Trinajstić information content (AvgIpc) is 2.33. The van der Waals surface area contributed by atoms with Crippen molar-refractivity contribution < 1.29 is 13.9 Å². The highest BCUT2D eigenvalue weighted by molar-refractivity contribution is 6.00. The van der Waals surface area contributed by atoms with E-state index in [9.17, 15) is 9.18 Å². The Morgan fingerprint density at radius 3 is 2.65 bits per heavy atom. The van der Waals surface area contributed by atoms with Crippen molar-refractivity contribution in [2.45, 2.75) is 26.3 Å². The van der Waals surface area contributed by atoms with E-state index in [2.05, 4.69) is 5.32 Å². The molecule has 1 N–H and O–H groups in total. The van der Waals surface area contributed by atoms with Crippen LogP contribution in [0, 0.1) is 5.82 Å². The van der Waals surface area contributed by atoms with Gasteiger partial charge in [-0.1, -0.05) is 6.92 Å². The smallest absolute Gasteiger partial charge is 0.179 e. The SMILES string of the molecule is CCOc1ccc(C(=O)C(CC)NC)cc1F. The second kappa shape index (κ2) is 6.35. The largest absolute Gasteiger partial charge is 0.491 e. The summed E-state index contributed by atoms with van der Waals surface area (Å²) in [6, 6.07) is 4.05. The molecule has 0 radical (unpaired) electrons. The Morgan fingerprint density at radius 2 is 2.18 bits per heavy atom. The summed E-state index contributed by atoms with van der Waals surface area (Å²) in [5.74, 6) is -0.415. The molecule has 1 rings (SSSR count). The molecule has 0 amide bonds. The Labute approximate surface area is 101 Å². The normalized spacial score (nSPS) is 12.2. The summed E-state index contributed by atoms with van der Waals surface area (Å²) in [5, 5.41) is 2.91. The highest BCUT2D eigenvalue weighted by Gasteiger charge is 2.17. The van der Waals surface area contributed by atoms with Crippen LogP contribution in [-0.2, 0) is 0 Å². The van der Waals surface area contributed by atoms with Gasteiger partial charge in [0, 0.05) is 5.56 Å². The molecule has 0 aliphatic heterocycles. The molecule has 0 saturated carbocycles. The maximum Gasteiger partial charge on any atom is 0.179 e. The van der Waals surface area contributed by atoms with Crippen LogP contribution in [0.1, 0.15) is 30.6 Å². The third-order valence-corrected chi connectivity index (χ3v) is 2.59. The number of carbonyl (C=O) groups excluding carboxylic acids is 1. The number of benzene rings is 1. The molecule has 1 aromatic carbocycles. The van der Waals surface area contributed by atoms with Gasteiger partial charge in [0.1, 0.15) is 0 Å². The molecular weight excluding hydrogens is 221 g/mol. The predicted octanol–water partition coefficient (Wildman–Crippen LogP) is 2.41. The minimum atomic E-state index is -0.497. The number of Topliss-reactive ketones (excluding diaryl/α,β-unsaturated/α-hetero) is 1. The van der Waals surface area contributed by atoms with E-state index in [0.717, 1.165) is 0 Å². The molecule has 3 nitrogen and oxygen atoms in total. The van der Waals surface area contributed by atoms with Crippen molar-refractivity contribution in [2.24, 2.45) is 0 Å². The average molecular weight is 239 g/mol. The number of halogens is 1. The lowest BCUT2D eigenvalue weighted by molar-refractivity contribution is 0.0944. The third kappa shape index (κ3) is 3.27. The summed E-state index contributed by atoms with van der Waals surface area (Å²) >= 11 is 0. The van der Waals surface area contributed by atoms with Crippen molar-refractivity contribution in [3.05, 3.63) is 29.6 Å². The van der Waals surface area contributed by atoms with Crippen molar-refractivity contribution in [1.29, 1.82) is 0 Å². The first-order chi connectivity index (χ1) is 8.13. The number of carbonyl (C=O) groups is 1. The lowest BCUT2D eigenvalue weighted by Gasteiger charge is -2.13. The molecule has 1 aromatic rings. The van der Waals surface area contributed by atoms with Gasteiger partial charge in [0.2, 0.25) is 0 Å². The number of nitrogens with one attached hydrogen (secondary N) is 1. The van der Waals surface area contributed by atoms with Gasteiger partial charge >= 0.3 is 0 Å². The van der Waals surface area contributed by atoms with Crippen LogP contribution in [0.5, 0.6) is 5.75 Å². The fraction of sp³-hybridized carbons (Fsp3) is 0.462. The molecule has 0 aromatic heterocycles. The molecule has 0 aliphatic carbocycles.